The van der Waals surface area contributed by atoms with Crippen molar-refractivity contribution in [2.24, 2.45) is 11.8 Å². The number of hydrogen-bond acceptors (Lipinski definition) is 5. The van der Waals surface area contributed by atoms with Crippen LogP contribution >= 0.6 is 0 Å². The van der Waals surface area contributed by atoms with Gasteiger partial charge in [0.25, 0.3) is 0 Å². The minimum absolute atomic E-state index is 0.305. The van der Waals surface area contributed by atoms with E-state index in [0.717, 1.165) is 25.9 Å². The molecule has 166 valence electrons. The van der Waals surface area contributed by atoms with Crippen LogP contribution in [0.5, 0.6) is 17.2 Å². The van der Waals surface area contributed by atoms with Gasteiger partial charge in [0, 0.05) is 37.8 Å². The number of fused-ring (bicyclic) bond motifs is 2. The average Bonchev–Trinajstić information content (AvgIpc) is 3.33. The summed E-state index contributed by atoms with van der Waals surface area (Å²) in [6, 6.07) is 14.3. The first-order valence-corrected chi connectivity index (χ1v) is 10.6. The molecule has 4 rings (SSSR count). The summed E-state index contributed by atoms with van der Waals surface area (Å²) in [6.45, 7) is 2.39. The highest BCUT2D eigenvalue weighted by Gasteiger charge is 2.47. The molecule has 2 aliphatic rings. The van der Waals surface area contributed by atoms with Crippen molar-refractivity contribution in [1.29, 1.82) is 0 Å². The minimum Gasteiger partial charge on any atom is -0.493 e. The highest BCUT2D eigenvalue weighted by atomic mass is 16.5. The molecule has 31 heavy (non-hydrogen) atoms. The van der Waals surface area contributed by atoms with Crippen molar-refractivity contribution in [3.05, 3.63) is 48.0 Å². The fraction of sp³-hybridized carbons (Fsp3) is 0.458. The molecule has 2 bridgehead atoms. The van der Waals surface area contributed by atoms with E-state index in [2.05, 4.69) is 29.2 Å². The first-order valence-electron chi connectivity index (χ1n) is 10.6. The quantitative estimate of drug-likeness (QED) is 0.685. The second kappa shape index (κ2) is 9.06. The lowest BCUT2D eigenvalue weighted by molar-refractivity contribution is 0.192. The van der Waals surface area contributed by atoms with Crippen molar-refractivity contribution in [2.45, 2.75) is 25.4 Å². The Kier molecular flexibility index (Phi) is 6.23. The van der Waals surface area contributed by atoms with Crippen LogP contribution in [0.1, 0.15) is 18.4 Å². The van der Waals surface area contributed by atoms with Gasteiger partial charge in [-0.3, -0.25) is 9.80 Å². The molecule has 0 spiro atoms. The number of anilines is 1. The van der Waals surface area contributed by atoms with Gasteiger partial charge in [-0.1, -0.05) is 30.3 Å². The van der Waals surface area contributed by atoms with Gasteiger partial charge >= 0.3 is 6.09 Å². The Balaban J connectivity index is 1.56. The molecule has 2 fully saturated rings. The van der Waals surface area contributed by atoms with Crippen LogP contribution in [0.3, 0.4) is 0 Å². The summed E-state index contributed by atoms with van der Waals surface area (Å²) < 4.78 is 16.2. The highest BCUT2D eigenvalue weighted by Crippen LogP contribution is 2.45. The van der Waals surface area contributed by atoms with E-state index in [1.807, 2.05) is 6.07 Å². The Bertz CT molecular complexity index is 894. The zero-order chi connectivity index (χ0) is 22.0. The third-order valence-corrected chi connectivity index (χ3v) is 6.68. The largest absolute Gasteiger partial charge is 0.493 e. The van der Waals surface area contributed by atoms with Gasteiger partial charge in [-0.05, 0) is 30.2 Å². The summed E-state index contributed by atoms with van der Waals surface area (Å²) in [5.74, 6) is 2.16. The lowest BCUT2D eigenvalue weighted by Crippen LogP contribution is -2.39. The van der Waals surface area contributed by atoms with E-state index in [4.69, 9.17) is 14.2 Å². The second-order valence-electron chi connectivity index (χ2n) is 8.26. The normalized spacial score (nSPS) is 22.4. The van der Waals surface area contributed by atoms with E-state index in [-0.39, 0.29) is 0 Å². The number of carboxylic acid groups (broad SMARTS) is 1. The summed E-state index contributed by atoms with van der Waals surface area (Å²) in [4.78, 5) is 16.2. The Morgan fingerprint density at radius 3 is 2.32 bits per heavy atom. The number of carbonyl (C=O) groups is 1. The number of amides is 1. The molecule has 1 saturated carbocycles. The molecule has 1 heterocycles. The molecular weight excluding hydrogens is 396 g/mol. The molecule has 1 amide bonds. The predicted octanol–water partition coefficient (Wildman–Crippen LogP) is 4.11. The summed E-state index contributed by atoms with van der Waals surface area (Å²) >= 11 is 0. The van der Waals surface area contributed by atoms with E-state index in [0.29, 0.717) is 47.4 Å². The lowest BCUT2D eigenvalue weighted by atomic mass is 9.97. The minimum atomic E-state index is -0.977. The molecular formula is C24H30N2O5. The molecule has 1 aliphatic carbocycles. The number of likely N-dealkylation sites (tertiary alicyclic amines) is 1. The van der Waals surface area contributed by atoms with Gasteiger partial charge < -0.3 is 19.3 Å². The molecule has 2 aromatic rings. The monoisotopic (exact) mass is 426 g/mol. The molecule has 0 radical (unpaired) electrons. The number of benzene rings is 2. The second-order valence-corrected chi connectivity index (χ2v) is 8.26. The average molecular weight is 427 g/mol. The van der Waals surface area contributed by atoms with Gasteiger partial charge in [0.2, 0.25) is 5.75 Å². The fourth-order valence-electron chi connectivity index (χ4n) is 5.24. The predicted molar refractivity (Wildman–Crippen MR) is 118 cm³/mol. The first kappa shape index (κ1) is 21.3. The van der Waals surface area contributed by atoms with Gasteiger partial charge in [-0.15, -0.1) is 0 Å². The number of hydrogen-bond donors (Lipinski definition) is 1. The van der Waals surface area contributed by atoms with Gasteiger partial charge in [-0.25, -0.2) is 4.79 Å². The van der Waals surface area contributed by atoms with Crippen LogP contribution in [-0.2, 0) is 6.54 Å². The fourth-order valence-corrected chi connectivity index (χ4v) is 5.24. The van der Waals surface area contributed by atoms with Crippen LogP contribution in [0.2, 0.25) is 0 Å². The Morgan fingerprint density at radius 1 is 1.06 bits per heavy atom. The maximum absolute atomic E-state index is 12.2. The summed E-state index contributed by atoms with van der Waals surface area (Å²) in [5, 5.41) is 10.0. The number of methoxy groups -OCH3 is 3. The lowest BCUT2D eigenvalue weighted by Gasteiger charge is -2.29. The SMILES string of the molecule is COc1cc(N(CC2C3CCC2N(Cc2ccccc2)C3)C(=O)O)cc(OC)c1OC. The summed E-state index contributed by atoms with van der Waals surface area (Å²) in [6.07, 6.45) is 1.30. The van der Waals surface area contributed by atoms with E-state index >= 15 is 0 Å². The van der Waals surface area contributed by atoms with Gasteiger partial charge in [0.05, 0.1) is 27.0 Å². The molecule has 1 N–H and O–H groups in total. The smallest absolute Gasteiger partial charge is 0.411 e. The van der Waals surface area contributed by atoms with Gasteiger partial charge in [0.1, 0.15) is 0 Å². The van der Waals surface area contributed by atoms with E-state index in [1.165, 1.54) is 31.8 Å². The highest BCUT2D eigenvalue weighted by molar-refractivity contribution is 5.87. The van der Waals surface area contributed by atoms with Crippen LogP contribution in [-0.4, -0.2) is 56.6 Å². The van der Waals surface area contributed by atoms with Crippen molar-refractivity contribution < 1.29 is 24.1 Å². The topological polar surface area (TPSA) is 71.5 Å². The molecule has 2 aromatic carbocycles. The van der Waals surface area contributed by atoms with Crippen LogP contribution in [0.15, 0.2) is 42.5 Å². The standard InChI is InChI=1S/C24H30N2O5/c1-29-21-11-18(12-22(30-2)23(21)31-3)26(24(27)28)15-19-17-9-10-20(19)25(14-17)13-16-7-5-4-6-8-16/h4-8,11-12,17,19-20H,9-10,13-15H2,1-3H3,(H,27,28). The molecule has 0 aromatic heterocycles. The maximum Gasteiger partial charge on any atom is 0.411 e. The Hall–Kier alpha value is -2.93. The van der Waals surface area contributed by atoms with Crippen molar-refractivity contribution in [1.82, 2.24) is 4.90 Å². The maximum atomic E-state index is 12.2. The molecule has 1 saturated heterocycles. The van der Waals surface area contributed by atoms with Crippen molar-refractivity contribution in [2.75, 3.05) is 39.3 Å². The molecule has 7 nitrogen and oxygen atoms in total. The summed E-state index contributed by atoms with van der Waals surface area (Å²) in [7, 11) is 4.60. The van der Waals surface area contributed by atoms with Gasteiger partial charge in [-0.2, -0.15) is 0 Å². The summed E-state index contributed by atoms with van der Waals surface area (Å²) in [5.41, 5.74) is 1.83. The van der Waals surface area contributed by atoms with Crippen molar-refractivity contribution >= 4 is 11.8 Å². The molecule has 3 unspecified atom stereocenters. The number of piperidine rings is 1. The van der Waals surface area contributed by atoms with E-state index in [1.54, 1.807) is 12.1 Å². The number of nitrogens with zero attached hydrogens (tertiary/aromatic N) is 2. The third kappa shape index (κ3) is 4.14. The van der Waals surface area contributed by atoms with Crippen LogP contribution < -0.4 is 19.1 Å². The van der Waals surface area contributed by atoms with Crippen LogP contribution in [0, 0.1) is 11.8 Å². The Morgan fingerprint density at radius 2 is 1.74 bits per heavy atom. The van der Waals surface area contributed by atoms with Crippen LogP contribution in [0.25, 0.3) is 0 Å². The van der Waals surface area contributed by atoms with Gasteiger partial charge in [0.15, 0.2) is 11.5 Å². The zero-order valence-electron chi connectivity index (χ0n) is 18.3. The zero-order valence-corrected chi connectivity index (χ0v) is 18.3. The molecule has 3 atom stereocenters. The first-order chi connectivity index (χ1) is 15.0. The molecule has 7 heteroatoms. The third-order valence-electron chi connectivity index (χ3n) is 6.68. The Labute approximate surface area is 183 Å². The number of ether oxygens (including phenoxy) is 3. The van der Waals surface area contributed by atoms with Crippen molar-refractivity contribution in [3.63, 3.8) is 0 Å². The van der Waals surface area contributed by atoms with E-state index in [9.17, 15) is 9.90 Å². The molecule has 1 aliphatic heterocycles. The van der Waals surface area contributed by atoms with Crippen LogP contribution in [0.4, 0.5) is 10.5 Å². The van der Waals surface area contributed by atoms with E-state index < -0.39 is 6.09 Å². The number of rotatable bonds is 8. The van der Waals surface area contributed by atoms with Crippen molar-refractivity contribution in [3.8, 4) is 17.2 Å².